The van der Waals surface area contributed by atoms with E-state index in [0.29, 0.717) is 5.92 Å². The molecule has 7 nitrogen and oxygen atoms in total. The zero-order valence-corrected chi connectivity index (χ0v) is 18.8. The first-order valence-corrected chi connectivity index (χ1v) is 11.6. The molecule has 2 fully saturated rings. The summed E-state index contributed by atoms with van der Waals surface area (Å²) >= 11 is 7.56. The molecule has 7 unspecified atom stereocenters. The van der Waals surface area contributed by atoms with Gasteiger partial charge < -0.3 is 30.7 Å². The maximum Gasteiger partial charge on any atom is 0.237 e. The summed E-state index contributed by atoms with van der Waals surface area (Å²) in [6.45, 7) is 9.03. The van der Waals surface area contributed by atoms with Crippen molar-refractivity contribution in [1.82, 2.24) is 10.6 Å². The predicted octanol–water partition coefficient (Wildman–Crippen LogP) is 0.683. The van der Waals surface area contributed by atoms with Crippen LogP contribution in [0, 0.1) is 11.3 Å². The van der Waals surface area contributed by atoms with Crippen LogP contribution in [0.2, 0.25) is 0 Å². The molecule has 0 aromatic heterocycles. The van der Waals surface area contributed by atoms with Crippen molar-refractivity contribution in [1.29, 1.82) is 0 Å². The van der Waals surface area contributed by atoms with Crippen LogP contribution >= 0.6 is 23.4 Å². The van der Waals surface area contributed by atoms with E-state index in [-0.39, 0.29) is 17.4 Å². The molecule has 2 aliphatic heterocycles. The van der Waals surface area contributed by atoms with E-state index in [1.54, 1.807) is 13.2 Å². The lowest BCUT2D eigenvalue weighted by atomic mass is 9.73. The summed E-state index contributed by atoms with van der Waals surface area (Å²) in [6.07, 6.45) is -1.37. The van der Waals surface area contributed by atoms with Crippen molar-refractivity contribution in [3.63, 3.8) is 0 Å². The highest BCUT2D eigenvalue weighted by Gasteiger charge is 2.48. The Morgan fingerprint density at radius 3 is 2.43 bits per heavy atom. The van der Waals surface area contributed by atoms with Crippen LogP contribution in [0.5, 0.6) is 0 Å². The quantitative estimate of drug-likeness (QED) is 0.401. The van der Waals surface area contributed by atoms with Crippen molar-refractivity contribution in [2.24, 2.45) is 11.3 Å². The number of ether oxygens (including phenoxy) is 1. The number of rotatable bonds is 5. The van der Waals surface area contributed by atoms with Crippen molar-refractivity contribution >= 4 is 29.3 Å². The Hall–Kier alpha value is -0.0900. The first kappa shape index (κ1) is 24.2. The molecule has 2 heterocycles. The molecule has 2 rings (SSSR count). The molecular weight excluding hydrogens is 404 g/mol. The van der Waals surface area contributed by atoms with Gasteiger partial charge in [0.15, 0.2) is 0 Å². The molecule has 0 saturated carbocycles. The highest BCUT2D eigenvalue weighted by molar-refractivity contribution is 7.99. The molecule has 0 spiro atoms. The van der Waals surface area contributed by atoms with Crippen LogP contribution in [0.3, 0.4) is 0 Å². The molecule has 5 N–H and O–H groups in total. The Balaban J connectivity index is 2.10. The van der Waals surface area contributed by atoms with Crippen LogP contribution < -0.4 is 10.6 Å². The molecule has 0 bridgehead atoms. The van der Waals surface area contributed by atoms with Crippen LogP contribution in [0.15, 0.2) is 0 Å². The summed E-state index contributed by atoms with van der Waals surface area (Å²) in [5.41, 5.74) is -0.592. The smallest absolute Gasteiger partial charge is 0.237 e. The molecule has 0 radical (unpaired) electrons. The van der Waals surface area contributed by atoms with Crippen molar-refractivity contribution in [2.45, 2.75) is 87.8 Å². The third-order valence-electron chi connectivity index (χ3n) is 5.94. The van der Waals surface area contributed by atoms with E-state index in [1.807, 2.05) is 0 Å². The maximum atomic E-state index is 12.9. The van der Waals surface area contributed by atoms with E-state index >= 15 is 0 Å². The van der Waals surface area contributed by atoms with E-state index in [1.165, 1.54) is 11.8 Å². The fraction of sp³-hybridized carbons (Fsp3) is 0.947. The van der Waals surface area contributed by atoms with Crippen LogP contribution in [0.25, 0.3) is 0 Å². The van der Waals surface area contributed by atoms with Gasteiger partial charge in [-0.3, -0.25) is 4.79 Å². The number of halogens is 1. The number of hydrogen-bond donors (Lipinski definition) is 5. The second-order valence-electron chi connectivity index (χ2n) is 8.98. The molecule has 9 atom stereocenters. The number of amides is 1. The van der Waals surface area contributed by atoms with Gasteiger partial charge in [-0.2, -0.15) is 0 Å². The highest BCUT2D eigenvalue weighted by Crippen LogP contribution is 2.34. The van der Waals surface area contributed by atoms with Crippen molar-refractivity contribution < 1.29 is 24.9 Å². The molecule has 2 saturated heterocycles. The lowest BCUT2D eigenvalue weighted by Crippen LogP contribution is -2.65. The van der Waals surface area contributed by atoms with Gasteiger partial charge in [0.05, 0.1) is 17.5 Å². The summed E-state index contributed by atoms with van der Waals surface area (Å²) in [5.74, 6) is 0.231. The van der Waals surface area contributed by atoms with Gasteiger partial charge in [-0.25, -0.2) is 0 Å². The fourth-order valence-electron chi connectivity index (χ4n) is 3.99. The number of nitrogens with one attached hydrogen (secondary N) is 2. The maximum absolute atomic E-state index is 12.9. The molecule has 0 aliphatic carbocycles. The van der Waals surface area contributed by atoms with Gasteiger partial charge >= 0.3 is 0 Å². The van der Waals surface area contributed by atoms with Crippen molar-refractivity contribution in [3.05, 3.63) is 0 Å². The lowest BCUT2D eigenvalue weighted by molar-refractivity contribution is -0.205. The number of alkyl halides is 1. The topological polar surface area (TPSA) is 111 Å². The van der Waals surface area contributed by atoms with Gasteiger partial charge in [0.2, 0.25) is 5.91 Å². The van der Waals surface area contributed by atoms with Crippen LogP contribution in [0.1, 0.15) is 40.5 Å². The Morgan fingerprint density at radius 2 is 1.89 bits per heavy atom. The van der Waals surface area contributed by atoms with Crippen molar-refractivity contribution in [3.8, 4) is 0 Å². The minimum absolute atomic E-state index is 0.119. The zero-order chi connectivity index (χ0) is 21.2. The van der Waals surface area contributed by atoms with Crippen LogP contribution in [0.4, 0.5) is 0 Å². The first-order valence-electron chi connectivity index (χ1n) is 9.87. The van der Waals surface area contributed by atoms with E-state index < -0.39 is 41.3 Å². The van der Waals surface area contributed by atoms with Gasteiger partial charge in [-0.1, -0.05) is 20.8 Å². The average molecular weight is 439 g/mol. The van der Waals surface area contributed by atoms with E-state index in [0.717, 1.165) is 19.4 Å². The standard InChI is InChI=1S/C19H35ClN2O5S/c1-9(20)12(16-14(24)13(23)15(25)18(27-16)28-5)22-17(26)11-8-10(6-7-21-11)19(2,3)4/h9-16,18,21,23-25H,6-8H2,1-5H3,(H,22,26)/t9?,10-,11+,12?,13?,14?,15?,16?,18?/m0/s1. The number of aliphatic hydroxyl groups excluding tert-OH is 3. The van der Waals surface area contributed by atoms with E-state index in [2.05, 4.69) is 31.4 Å². The van der Waals surface area contributed by atoms with Gasteiger partial charge in [-0.05, 0) is 43.9 Å². The molecule has 0 aromatic carbocycles. The number of thioether (sulfide) groups is 1. The normalized spacial score (nSPS) is 39.2. The van der Waals surface area contributed by atoms with Crippen molar-refractivity contribution in [2.75, 3.05) is 12.8 Å². The molecule has 9 heteroatoms. The third-order valence-corrected chi connectivity index (χ3v) is 7.07. The summed E-state index contributed by atoms with van der Waals surface area (Å²) in [4.78, 5) is 12.9. The van der Waals surface area contributed by atoms with Gasteiger partial charge in [-0.15, -0.1) is 23.4 Å². The molecular formula is C19H35ClN2O5S. The second kappa shape index (κ2) is 9.81. The summed E-state index contributed by atoms with van der Waals surface area (Å²) < 4.78 is 5.80. The average Bonchev–Trinajstić information content (AvgIpc) is 2.64. The Labute approximate surface area is 176 Å². The third kappa shape index (κ3) is 5.53. The Bertz CT molecular complexity index is 531. The monoisotopic (exact) mass is 438 g/mol. The summed E-state index contributed by atoms with van der Waals surface area (Å²) in [7, 11) is 0. The largest absolute Gasteiger partial charge is 0.388 e. The van der Waals surface area contributed by atoms with E-state index in [9.17, 15) is 20.1 Å². The summed E-state index contributed by atoms with van der Waals surface area (Å²) in [5, 5.41) is 36.3. The number of carbonyl (C=O) groups excluding carboxylic acids is 1. The minimum atomic E-state index is -1.37. The SMILES string of the molecule is CSC1OC(C(NC(=O)[C@H]2C[C@@H](C(C)(C)C)CCN2)C(C)Cl)C(O)C(O)C1O. The van der Waals surface area contributed by atoms with Crippen LogP contribution in [-0.4, -0.2) is 81.3 Å². The van der Waals surface area contributed by atoms with Gasteiger partial charge in [0.25, 0.3) is 0 Å². The number of hydrogen-bond acceptors (Lipinski definition) is 7. The fourth-order valence-corrected chi connectivity index (χ4v) is 4.88. The minimum Gasteiger partial charge on any atom is -0.388 e. The van der Waals surface area contributed by atoms with Gasteiger partial charge in [0.1, 0.15) is 29.9 Å². The number of aliphatic hydroxyl groups is 3. The Kier molecular flexibility index (Phi) is 8.47. The molecule has 164 valence electrons. The predicted molar refractivity (Wildman–Crippen MR) is 111 cm³/mol. The van der Waals surface area contributed by atoms with Gasteiger partial charge in [0, 0.05) is 0 Å². The molecule has 1 amide bonds. The second-order valence-corrected chi connectivity index (χ2v) is 10.6. The highest BCUT2D eigenvalue weighted by atomic mass is 35.5. The lowest BCUT2D eigenvalue weighted by Gasteiger charge is -2.44. The van der Waals surface area contributed by atoms with E-state index in [4.69, 9.17) is 16.3 Å². The zero-order valence-electron chi connectivity index (χ0n) is 17.3. The molecule has 28 heavy (non-hydrogen) atoms. The molecule has 0 aromatic rings. The molecule has 2 aliphatic rings. The Morgan fingerprint density at radius 1 is 1.25 bits per heavy atom. The number of piperidine rings is 1. The first-order chi connectivity index (χ1) is 13.0. The van der Waals surface area contributed by atoms with Crippen LogP contribution in [-0.2, 0) is 9.53 Å². The number of carbonyl (C=O) groups is 1. The summed E-state index contributed by atoms with van der Waals surface area (Å²) in [6, 6.07) is -1.05.